The molecule has 0 aromatic carbocycles. The number of nitrogens with zero attached hydrogens (tertiary/aromatic N) is 4. The standard InChI is InChI=1S/C22H34N6O/c1-17-12-27(19-4-5-21(23-2)28-20(19)6-9-25-28)14-18(29-17)13-26-11-3-7-22(16-26)8-10-24-15-22/h4-6,9,17-18,23-24H,3,7-8,10-16H2,1-2H3/t17-,18+,22?/m1/s1. The molecule has 158 valence electrons. The summed E-state index contributed by atoms with van der Waals surface area (Å²) >= 11 is 0. The van der Waals surface area contributed by atoms with Crippen molar-refractivity contribution in [1.29, 1.82) is 0 Å². The van der Waals surface area contributed by atoms with Crippen molar-refractivity contribution < 1.29 is 4.74 Å². The van der Waals surface area contributed by atoms with Gasteiger partial charge in [-0.25, -0.2) is 4.52 Å². The third-order valence-corrected chi connectivity index (χ3v) is 6.99. The van der Waals surface area contributed by atoms with Gasteiger partial charge in [0.2, 0.25) is 0 Å². The lowest BCUT2D eigenvalue weighted by Crippen LogP contribution is -2.53. The molecule has 1 spiro atoms. The van der Waals surface area contributed by atoms with Crippen LogP contribution in [-0.2, 0) is 4.74 Å². The van der Waals surface area contributed by atoms with E-state index in [9.17, 15) is 0 Å². The molecule has 0 bridgehead atoms. The number of morpholine rings is 1. The topological polar surface area (TPSA) is 57.1 Å². The Kier molecular flexibility index (Phi) is 5.14. The van der Waals surface area contributed by atoms with Crippen LogP contribution in [0, 0.1) is 5.41 Å². The number of pyridine rings is 1. The first kappa shape index (κ1) is 19.2. The number of ether oxygens (including phenoxy) is 1. The Morgan fingerprint density at radius 1 is 1.28 bits per heavy atom. The van der Waals surface area contributed by atoms with E-state index in [0.717, 1.165) is 31.0 Å². The highest BCUT2D eigenvalue weighted by Crippen LogP contribution is 2.36. The highest BCUT2D eigenvalue weighted by Gasteiger charge is 2.39. The largest absolute Gasteiger partial charge is 0.373 e. The molecule has 0 saturated carbocycles. The van der Waals surface area contributed by atoms with Gasteiger partial charge < -0.3 is 25.2 Å². The molecule has 5 rings (SSSR count). The minimum atomic E-state index is 0.229. The zero-order valence-electron chi connectivity index (χ0n) is 17.7. The van der Waals surface area contributed by atoms with Gasteiger partial charge in [-0.15, -0.1) is 0 Å². The van der Waals surface area contributed by atoms with Crippen molar-refractivity contribution in [3.05, 3.63) is 24.4 Å². The molecule has 0 amide bonds. The van der Waals surface area contributed by atoms with E-state index >= 15 is 0 Å². The van der Waals surface area contributed by atoms with Crippen LogP contribution < -0.4 is 15.5 Å². The van der Waals surface area contributed by atoms with Gasteiger partial charge in [-0.2, -0.15) is 5.10 Å². The van der Waals surface area contributed by atoms with E-state index < -0.39 is 0 Å². The lowest BCUT2D eigenvalue weighted by molar-refractivity contribution is -0.0424. The maximum atomic E-state index is 6.40. The number of likely N-dealkylation sites (tertiary alicyclic amines) is 1. The fourth-order valence-electron chi connectivity index (χ4n) is 5.70. The van der Waals surface area contributed by atoms with Crippen molar-refractivity contribution in [3.63, 3.8) is 0 Å². The molecule has 7 nitrogen and oxygen atoms in total. The summed E-state index contributed by atoms with van der Waals surface area (Å²) in [5.74, 6) is 1.01. The maximum Gasteiger partial charge on any atom is 0.128 e. The van der Waals surface area contributed by atoms with Crippen molar-refractivity contribution >= 4 is 17.0 Å². The molecule has 29 heavy (non-hydrogen) atoms. The van der Waals surface area contributed by atoms with Crippen LogP contribution in [0.1, 0.15) is 26.2 Å². The van der Waals surface area contributed by atoms with Crippen molar-refractivity contribution in [2.24, 2.45) is 5.41 Å². The Hall–Kier alpha value is -1.83. The summed E-state index contributed by atoms with van der Waals surface area (Å²) in [6.07, 6.45) is 6.37. The predicted molar refractivity (Wildman–Crippen MR) is 117 cm³/mol. The molecule has 0 aliphatic carbocycles. The Morgan fingerprint density at radius 3 is 3.03 bits per heavy atom. The number of aromatic nitrogens is 2. The van der Waals surface area contributed by atoms with E-state index in [2.05, 4.69) is 50.7 Å². The van der Waals surface area contributed by atoms with Crippen LogP contribution >= 0.6 is 0 Å². The molecule has 3 fully saturated rings. The summed E-state index contributed by atoms with van der Waals surface area (Å²) in [5.41, 5.74) is 2.90. The maximum absolute atomic E-state index is 6.40. The quantitative estimate of drug-likeness (QED) is 0.822. The second kappa shape index (κ2) is 7.78. The molecule has 7 heteroatoms. The molecular formula is C22H34N6O. The van der Waals surface area contributed by atoms with E-state index in [1.807, 2.05) is 17.8 Å². The van der Waals surface area contributed by atoms with E-state index in [-0.39, 0.29) is 12.2 Å². The second-order valence-electron chi connectivity index (χ2n) is 9.22. The number of hydrogen-bond acceptors (Lipinski definition) is 6. The van der Waals surface area contributed by atoms with Crippen LogP contribution in [0.5, 0.6) is 0 Å². The van der Waals surface area contributed by atoms with E-state index in [4.69, 9.17) is 4.74 Å². The number of anilines is 2. The predicted octanol–water partition coefficient (Wildman–Crippen LogP) is 2.05. The first-order chi connectivity index (χ1) is 14.2. The van der Waals surface area contributed by atoms with E-state index in [1.54, 1.807) is 0 Å². The molecule has 3 saturated heterocycles. The minimum absolute atomic E-state index is 0.229. The van der Waals surface area contributed by atoms with Gasteiger partial charge in [-0.3, -0.25) is 0 Å². The second-order valence-corrected chi connectivity index (χ2v) is 9.22. The van der Waals surface area contributed by atoms with Crippen LogP contribution in [0.2, 0.25) is 0 Å². The summed E-state index contributed by atoms with van der Waals surface area (Å²) in [4.78, 5) is 5.15. The van der Waals surface area contributed by atoms with Gasteiger partial charge in [0.15, 0.2) is 0 Å². The lowest BCUT2D eigenvalue weighted by Gasteiger charge is -2.44. The third-order valence-electron chi connectivity index (χ3n) is 6.99. The van der Waals surface area contributed by atoms with Gasteiger partial charge in [0.1, 0.15) is 5.82 Å². The molecular weight excluding hydrogens is 364 g/mol. The van der Waals surface area contributed by atoms with Gasteiger partial charge in [0.05, 0.1) is 29.6 Å². The first-order valence-electron chi connectivity index (χ1n) is 11.1. The molecule has 0 radical (unpaired) electrons. The average molecular weight is 399 g/mol. The monoisotopic (exact) mass is 398 g/mol. The van der Waals surface area contributed by atoms with Crippen molar-refractivity contribution in [2.75, 3.05) is 63.1 Å². The Bertz CT molecular complexity index is 845. The zero-order chi connectivity index (χ0) is 19.8. The first-order valence-corrected chi connectivity index (χ1v) is 11.1. The number of nitrogens with one attached hydrogen (secondary N) is 2. The average Bonchev–Trinajstić information content (AvgIpc) is 3.37. The van der Waals surface area contributed by atoms with Gasteiger partial charge in [-0.1, -0.05) is 0 Å². The Morgan fingerprint density at radius 2 is 2.21 bits per heavy atom. The van der Waals surface area contributed by atoms with Gasteiger partial charge >= 0.3 is 0 Å². The van der Waals surface area contributed by atoms with Crippen LogP contribution in [0.3, 0.4) is 0 Å². The van der Waals surface area contributed by atoms with Crippen molar-refractivity contribution in [2.45, 2.75) is 38.4 Å². The summed E-state index contributed by atoms with van der Waals surface area (Å²) in [6.45, 7) is 9.89. The molecule has 2 aromatic heterocycles. The van der Waals surface area contributed by atoms with Gasteiger partial charge in [0.25, 0.3) is 0 Å². The fraction of sp³-hybridized carbons (Fsp3) is 0.682. The van der Waals surface area contributed by atoms with Crippen LogP contribution in [0.15, 0.2) is 24.4 Å². The smallest absolute Gasteiger partial charge is 0.128 e. The summed E-state index contributed by atoms with van der Waals surface area (Å²) in [6, 6.07) is 6.44. The fourth-order valence-corrected chi connectivity index (χ4v) is 5.70. The zero-order valence-corrected chi connectivity index (χ0v) is 17.7. The molecule has 3 aliphatic heterocycles. The molecule has 1 unspecified atom stereocenters. The summed E-state index contributed by atoms with van der Waals surface area (Å²) in [7, 11) is 1.94. The summed E-state index contributed by atoms with van der Waals surface area (Å²) in [5, 5.41) is 11.3. The number of rotatable bonds is 4. The number of fused-ring (bicyclic) bond motifs is 1. The highest BCUT2D eigenvalue weighted by atomic mass is 16.5. The number of hydrogen-bond donors (Lipinski definition) is 2. The Labute approximate surface area is 173 Å². The number of piperidine rings is 1. The molecule has 2 aromatic rings. The SMILES string of the molecule is CNc1ccc(N2C[C@H](CN3CCCC4(CCNC4)C3)O[C@H](C)C2)c2ccnn12. The van der Waals surface area contributed by atoms with Crippen molar-refractivity contribution in [3.8, 4) is 0 Å². The molecule has 5 heterocycles. The lowest BCUT2D eigenvalue weighted by atomic mass is 9.79. The van der Waals surface area contributed by atoms with Crippen LogP contribution in [0.4, 0.5) is 11.5 Å². The minimum Gasteiger partial charge on any atom is -0.373 e. The normalized spacial score (nSPS) is 31.0. The molecule has 3 atom stereocenters. The van der Waals surface area contributed by atoms with E-state index in [0.29, 0.717) is 5.41 Å². The van der Waals surface area contributed by atoms with Crippen LogP contribution in [-0.4, -0.2) is 79.6 Å². The molecule has 2 N–H and O–H groups in total. The van der Waals surface area contributed by atoms with Crippen molar-refractivity contribution in [1.82, 2.24) is 19.8 Å². The Balaban J connectivity index is 1.32. The summed E-state index contributed by atoms with van der Waals surface area (Å²) < 4.78 is 8.39. The van der Waals surface area contributed by atoms with Crippen LogP contribution in [0.25, 0.3) is 5.52 Å². The highest BCUT2D eigenvalue weighted by molar-refractivity contribution is 5.75. The van der Waals surface area contributed by atoms with Gasteiger partial charge in [0, 0.05) is 39.8 Å². The van der Waals surface area contributed by atoms with E-state index in [1.165, 1.54) is 51.1 Å². The van der Waals surface area contributed by atoms with Gasteiger partial charge in [-0.05, 0) is 62.9 Å². The molecule has 3 aliphatic rings. The third kappa shape index (κ3) is 3.71.